The van der Waals surface area contributed by atoms with E-state index in [4.69, 9.17) is 18.9 Å². The number of methoxy groups -OCH3 is 2. The molecule has 0 aliphatic carbocycles. The van der Waals surface area contributed by atoms with Crippen LogP contribution in [0.5, 0.6) is 23.0 Å². The second-order valence-corrected chi connectivity index (χ2v) is 7.96. The number of amides is 2. The van der Waals surface area contributed by atoms with Crippen LogP contribution in [0.2, 0.25) is 0 Å². The van der Waals surface area contributed by atoms with Crippen molar-refractivity contribution >= 4 is 23.2 Å². The maximum atomic E-state index is 13.1. The standard InChI is InChI=1S/C24H28N2O6/c1-5-31-21-9-15-8-14(2)32-20(15)12-18(21)25-24(28)16-10-23(27)26(13-16)17-6-7-19(29-3)22(11-17)30-4/h6-7,9,11-12,14,16H,5,8,10,13H2,1-4H3,(H,25,28). The van der Waals surface area contributed by atoms with Crippen LogP contribution in [0.25, 0.3) is 0 Å². The van der Waals surface area contributed by atoms with Crippen molar-refractivity contribution in [3.05, 3.63) is 35.9 Å². The number of benzene rings is 2. The zero-order chi connectivity index (χ0) is 22.8. The summed E-state index contributed by atoms with van der Waals surface area (Å²) in [6.07, 6.45) is 1.02. The van der Waals surface area contributed by atoms with Crippen LogP contribution in [0.1, 0.15) is 25.8 Å². The van der Waals surface area contributed by atoms with E-state index in [9.17, 15) is 9.59 Å². The molecule has 1 fully saturated rings. The number of rotatable bonds is 7. The number of nitrogens with zero attached hydrogens (tertiary/aromatic N) is 1. The highest BCUT2D eigenvalue weighted by atomic mass is 16.5. The number of hydrogen-bond acceptors (Lipinski definition) is 6. The van der Waals surface area contributed by atoms with Crippen LogP contribution in [0.15, 0.2) is 30.3 Å². The SMILES string of the molecule is CCOc1cc2c(cc1NC(=O)C1CC(=O)N(c3ccc(OC)c(OC)c3)C1)OC(C)C2. The summed E-state index contributed by atoms with van der Waals surface area (Å²) in [5, 5.41) is 2.95. The normalized spacial score (nSPS) is 19.4. The summed E-state index contributed by atoms with van der Waals surface area (Å²) in [4.78, 5) is 27.3. The van der Waals surface area contributed by atoms with Crippen molar-refractivity contribution in [2.45, 2.75) is 32.8 Å². The van der Waals surface area contributed by atoms with Gasteiger partial charge in [-0.25, -0.2) is 0 Å². The Balaban J connectivity index is 1.51. The van der Waals surface area contributed by atoms with Gasteiger partial charge in [-0.15, -0.1) is 0 Å². The highest BCUT2D eigenvalue weighted by Crippen LogP contribution is 2.39. The smallest absolute Gasteiger partial charge is 0.229 e. The van der Waals surface area contributed by atoms with Crippen molar-refractivity contribution in [2.24, 2.45) is 5.92 Å². The van der Waals surface area contributed by atoms with Gasteiger partial charge in [0.15, 0.2) is 11.5 Å². The van der Waals surface area contributed by atoms with E-state index in [1.807, 2.05) is 26.0 Å². The molecule has 2 aromatic rings. The van der Waals surface area contributed by atoms with Gasteiger partial charge in [0, 0.05) is 42.8 Å². The molecule has 2 unspecified atom stereocenters. The summed E-state index contributed by atoms with van der Waals surface area (Å²) in [5.74, 6) is 1.64. The van der Waals surface area contributed by atoms with Gasteiger partial charge in [-0.2, -0.15) is 0 Å². The molecule has 0 saturated carbocycles. The Hall–Kier alpha value is -3.42. The Bertz CT molecular complexity index is 1040. The van der Waals surface area contributed by atoms with Crippen LogP contribution < -0.4 is 29.2 Å². The van der Waals surface area contributed by atoms with Crippen LogP contribution in [0.3, 0.4) is 0 Å². The molecular formula is C24H28N2O6. The van der Waals surface area contributed by atoms with Gasteiger partial charge < -0.3 is 29.2 Å². The van der Waals surface area contributed by atoms with Crippen LogP contribution in [0, 0.1) is 5.92 Å². The van der Waals surface area contributed by atoms with Crippen LogP contribution >= 0.6 is 0 Å². The number of ether oxygens (including phenoxy) is 4. The zero-order valence-electron chi connectivity index (χ0n) is 18.8. The Kier molecular flexibility index (Phi) is 6.12. The summed E-state index contributed by atoms with van der Waals surface area (Å²) >= 11 is 0. The second kappa shape index (κ2) is 8.98. The molecule has 0 radical (unpaired) electrons. The molecule has 1 saturated heterocycles. The Morgan fingerprint density at radius 1 is 1.12 bits per heavy atom. The molecule has 1 N–H and O–H groups in total. The van der Waals surface area contributed by atoms with Gasteiger partial charge in [0.2, 0.25) is 11.8 Å². The molecule has 4 rings (SSSR count). The van der Waals surface area contributed by atoms with Gasteiger partial charge in [-0.1, -0.05) is 0 Å². The maximum absolute atomic E-state index is 13.1. The van der Waals surface area contributed by atoms with E-state index >= 15 is 0 Å². The van der Waals surface area contributed by atoms with Crippen molar-refractivity contribution in [2.75, 3.05) is 37.6 Å². The molecule has 170 valence electrons. The number of anilines is 2. The third-order valence-electron chi connectivity index (χ3n) is 5.73. The molecule has 2 aliphatic rings. The Morgan fingerprint density at radius 2 is 1.91 bits per heavy atom. The van der Waals surface area contributed by atoms with Crippen molar-refractivity contribution in [3.63, 3.8) is 0 Å². The number of carbonyl (C=O) groups is 2. The zero-order valence-corrected chi connectivity index (χ0v) is 18.8. The minimum atomic E-state index is -0.488. The van der Waals surface area contributed by atoms with E-state index in [-0.39, 0.29) is 30.9 Å². The monoisotopic (exact) mass is 440 g/mol. The second-order valence-electron chi connectivity index (χ2n) is 7.96. The van der Waals surface area contributed by atoms with Crippen LogP contribution in [-0.4, -0.2) is 45.3 Å². The fourth-order valence-electron chi connectivity index (χ4n) is 4.17. The fourth-order valence-corrected chi connectivity index (χ4v) is 4.17. The predicted molar refractivity (Wildman–Crippen MR) is 120 cm³/mol. The van der Waals surface area contributed by atoms with Crippen molar-refractivity contribution in [1.29, 1.82) is 0 Å². The molecule has 8 nitrogen and oxygen atoms in total. The van der Waals surface area contributed by atoms with E-state index in [1.165, 1.54) is 0 Å². The lowest BCUT2D eigenvalue weighted by Gasteiger charge is -2.19. The Morgan fingerprint density at radius 3 is 2.62 bits per heavy atom. The molecule has 0 aromatic heterocycles. The lowest BCUT2D eigenvalue weighted by atomic mass is 10.1. The minimum Gasteiger partial charge on any atom is -0.493 e. The highest BCUT2D eigenvalue weighted by molar-refractivity contribution is 6.04. The third kappa shape index (κ3) is 4.17. The molecule has 0 spiro atoms. The van der Waals surface area contributed by atoms with Crippen molar-refractivity contribution in [3.8, 4) is 23.0 Å². The molecule has 2 heterocycles. The van der Waals surface area contributed by atoms with Gasteiger partial charge >= 0.3 is 0 Å². The number of fused-ring (bicyclic) bond motifs is 1. The van der Waals surface area contributed by atoms with Gasteiger partial charge in [0.05, 0.1) is 32.4 Å². The molecule has 2 aliphatic heterocycles. The summed E-state index contributed by atoms with van der Waals surface area (Å²) in [6.45, 7) is 4.66. The maximum Gasteiger partial charge on any atom is 0.229 e. The van der Waals surface area contributed by atoms with Crippen LogP contribution in [-0.2, 0) is 16.0 Å². The van der Waals surface area contributed by atoms with E-state index in [1.54, 1.807) is 37.3 Å². The molecule has 0 bridgehead atoms. The minimum absolute atomic E-state index is 0.0907. The first-order valence-electron chi connectivity index (χ1n) is 10.7. The van der Waals surface area contributed by atoms with Gasteiger partial charge in [-0.3, -0.25) is 9.59 Å². The van der Waals surface area contributed by atoms with E-state index < -0.39 is 5.92 Å². The lowest BCUT2D eigenvalue weighted by Crippen LogP contribution is -2.28. The fraction of sp³-hybridized carbons (Fsp3) is 0.417. The number of hydrogen-bond donors (Lipinski definition) is 1. The molecular weight excluding hydrogens is 412 g/mol. The quantitative estimate of drug-likeness (QED) is 0.710. The lowest BCUT2D eigenvalue weighted by molar-refractivity contribution is -0.122. The summed E-state index contributed by atoms with van der Waals surface area (Å²) in [5.41, 5.74) is 2.29. The highest BCUT2D eigenvalue weighted by Gasteiger charge is 2.36. The number of nitrogens with one attached hydrogen (secondary N) is 1. The first-order chi connectivity index (χ1) is 15.4. The molecule has 2 atom stereocenters. The topological polar surface area (TPSA) is 86.3 Å². The molecule has 2 amide bonds. The predicted octanol–water partition coefficient (Wildman–Crippen LogP) is 3.42. The molecule has 32 heavy (non-hydrogen) atoms. The Labute approximate surface area is 187 Å². The average molecular weight is 440 g/mol. The van der Waals surface area contributed by atoms with Crippen LogP contribution in [0.4, 0.5) is 11.4 Å². The van der Waals surface area contributed by atoms with Crippen molar-refractivity contribution < 1.29 is 28.5 Å². The van der Waals surface area contributed by atoms with Gasteiger partial charge in [-0.05, 0) is 32.0 Å². The third-order valence-corrected chi connectivity index (χ3v) is 5.73. The largest absolute Gasteiger partial charge is 0.493 e. The van der Waals surface area contributed by atoms with Gasteiger partial charge in [0.1, 0.15) is 17.6 Å². The van der Waals surface area contributed by atoms with Crippen molar-refractivity contribution in [1.82, 2.24) is 0 Å². The van der Waals surface area contributed by atoms with E-state index in [0.29, 0.717) is 35.2 Å². The van der Waals surface area contributed by atoms with Gasteiger partial charge in [0.25, 0.3) is 0 Å². The first kappa shape index (κ1) is 21.8. The molecule has 2 aromatic carbocycles. The summed E-state index contributed by atoms with van der Waals surface area (Å²) in [6, 6.07) is 9.00. The molecule has 8 heteroatoms. The summed E-state index contributed by atoms with van der Waals surface area (Å²) < 4.78 is 22.2. The first-order valence-corrected chi connectivity index (χ1v) is 10.7. The number of carbonyl (C=O) groups excluding carboxylic acids is 2. The summed E-state index contributed by atoms with van der Waals surface area (Å²) in [7, 11) is 3.10. The van der Waals surface area contributed by atoms with E-state index in [0.717, 1.165) is 17.7 Å². The average Bonchev–Trinajstić information content (AvgIpc) is 3.34. The van der Waals surface area contributed by atoms with E-state index in [2.05, 4.69) is 5.32 Å².